The van der Waals surface area contributed by atoms with Crippen molar-refractivity contribution in [3.8, 4) is 0 Å². The molecule has 0 aliphatic carbocycles. The number of rotatable bonds is 12. The number of guanidine groups is 1. The number of hydrogen-bond acceptors (Lipinski definition) is 5. The lowest BCUT2D eigenvalue weighted by Gasteiger charge is -2.31. The van der Waals surface area contributed by atoms with Crippen LogP contribution in [-0.2, 0) is 14.4 Å². The molecule has 10 nitrogen and oxygen atoms in total. The summed E-state index contributed by atoms with van der Waals surface area (Å²) in [4.78, 5) is 56.7. The summed E-state index contributed by atoms with van der Waals surface area (Å²) in [5, 5.41) is 5.39. The molecule has 0 spiro atoms. The SMILES string of the molecule is CC(C)C(NC(=O)c1ccccc1Br)C(=O)N1CCCC1C(=O)NC(CCCN=C(N)N)C(=O)CF. The van der Waals surface area contributed by atoms with Gasteiger partial charge in [-0.3, -0.25) is 24.2 Å². The van der Waals surface area contributed by atoms with Gasteiger partial charge in [0.2, 0.25) is 11.8 Å². The summed E-state index contributed by atoms with van der Waals surface area (Å²) in [5.74, 6) is -2.43. The Morgan fingerprint density at radius 3 is 2.50 bits per heavy atom. The van der Waals surface area contributed by atoms with Gasteiger partial charge in [0, 0.05) is 17.6 Å². The van der Waals surface area contributed by atoms with Crippen molar-refractivity contribution >= 4 is 45.4 Å². The summed E-state index contributed by atoms with van der Waals surface area (Å²) in [6.45, 7) is 2.95. The number of likely N-dealkylation sites (tertiary alicyclic amines) is 1. The molecule has 198 valence electrons. The van der Waals surface area contributed by atoms with Crippen LogP contribution in [0.5, 0.6) is 0 Å². The Balaban J connectivity index is 2.11. The molecular weight excluding hydrogens is 535 g/mol. The smallest absolute Gasteiger partial charge is 0.253 e. The second-order valence-electron chi connectivity index (χ2n) is 8.97. The standard InChI is InChI=1S/C24H34BrFN6O4/c1-14(2)20(31-21(34)15-7-3-4-8-16(15)25)23(36)32-12-6-10-18(32)22(35)30-17(19(33)13-26)9-5-11-29-24(27)28/h3-4,7-8,14,17-18,20H,5-6,9-13H2,1-2H3,(H,30,35)(H,31,34)(H4,27,28,29). The number of amides is 3. The average molecular weight is 569 g/mol. The van der Waals surface area contributed by atoms with Gasteiger partial charge in [-0.25, -0.2) is 4.39 Å². The van der Waals surface area contributed by atoms with Crippen LogP contribution in [-0.4, -0.2) is 72.3 Å². The summed E-state index contributed by atoms with van der Waals surface area (Å²) >= 11 is 3.34. The Kier molecular flexibility index (Phi) is 11.3. The van der Waals surface area contributed by atoms with Crippen molar-refractivity contribution < 1.29 is 23.6 Å². The van der Waals surface area contributed by atoms with Crippen LogP contribution in [0.3, 0.4) is 0 Å². The van der Waals surface area contributed by atoms with Crippen LogP contribution in [0.15, 0.2) is 33.7 Å². The van der Waals surface area contributed by atoms with Crippen LogP contribution in [0, 0.1) is 5.92 Å². The van der Waals surface area contributed by atoms with E-state index in [0.717, 1.165) is 0 Å². The fraction of sp³-hybridized carbons (Fsp3) is 0.542. The fourth-order valence-corrected chi connectivity index (χ4v) is 4.50. The van der Waals surface area contributed by atoms with Crippen molar-refractivity contribution in [3.63, 3.8) is 0 Å². The van der Waals surface area contributed by atoms with Crippen molar-refractivity contribution in [1.29, 1.82) is 0 Å². The molecule has 36 heavy (non-hydrogen) atoms. The molecule has 1 aliphatic rings. The molecule has 1 saturated heterocycles. The van der Waals surface area contributed by atoms with E-state index in [1.165, 1.54) is 4.90 Å². The van der Waals surface area contributed by atoms with Gasteiger partial charge in [-0.15, -0.1) is 0 Å². The minimum absolute atomic E-state index is 0.0982. The molecule has 6 N–H and O–H groups in total. The largest absolute Gasteiger partial charge is 0.370 e. The second kappa shape index (κ2) is 13.9. The molecule has 1 heterocycles. The number of ketones is 1. The first-order chi connectivity index (χ1) is 17.1. The summed E-state index contributed by atoms with van der Waals surface area (Å²) < 4.78 is 13.7. The van der Waals surface area contributed by atoms with E-state index >= 15 is 0 Å². The molecule has 1 aliphatic heterocycles. The van der Waals surface area contributed by atoms with Gasteiger partial charge >= 0.3 is 0 Å². The highest BCUT2D eigenvalue weighted by Crippen LogP contribution is 2.22. The Morgan fingerprint density at radius 1 is 1.19 bits per heavy atom. The van der Waals surface area contributed by atoms with E-state index < -0.39 is 42.4 Å². The third-order valence-corrected chi connectivity index (χ3v) is 6.65. The first kappa shape index (κ1) is 29.2. The first-order valence-corrected chi connectivity index (χ1v) is 12.7. The van der Waals surface area contributed by atoms with Gasteiger partial charge in [-0.05, 0) is 59.7 Å². The van der Waals surface area contributed by atoms with E-state index in [2.05, 4.69) is 31.6 Å². The monoisotopic (exact) mass is 568 g/mol. The van der Waals surface area contributed by atoms with Crippen LogP contribution in [0.4, 0.5) is 4.39 Å². The molecule has 0 aromatic heterocycles. The Morgan fingerprint density at radius 2 is 1.89 bits per heavy atom. The van der Waals surface area contributed by atoms with Gasteiger partial charge in [0.15, 0.2) is 11.7 Å². The lowest BCUT2D eigenvalue weighted by atomic mass is 10.0. The first-order valence-electron chi connectivity index (χ1n) is 11.9. The van der Waals surface area contributed by atoms with E-state index in [0.29, 0.717) is 35.8 Å². The fourth-order valence-electron chi connectivity index (χ4n) is 4.04. The number of Topliss-reactive ketones (excluding diaryl/α,β-unsaturated/α-hetero) is 1. The average Bonchev–Trinajstić information content (AvgIpc) is 3.33. The lowest BCUT2D eigenvalue weighted by Crippen LogP contribution is -2.56. The van der Waals surface area contributed by atoms with Gasteiger partial charge < -0.3 is 27.0 Å². The zero-order valence-corrected chi connectivity index (χ0v) is 22.1. The van der Waals surface area contributed by atoms with Gasteiger partial charge in [0.25, 0.3) is 5.91 Å². The molecule has 3 unspecified atom stereocenters. The molecule has 3 amide bonds. The van der Waals surface area contributed by atoms with Crippen LogP contribution >= 0.6 is 15.9 Å². The molecule has 0 radical (unpaired) electrons. The molecular formula is C24H34BrFN6O4. The number of hydrogen-bond donors (Lipinski definition) is 4. The Labute approximate surface area is 218 Å². The van der Waals surface area contributed by atoms with Crippen LogP contribution in [0.2, 0.25) is 0 Å². The summed E-state index contributed by atoms with van der Waals surface area (Å²) in [6.07, 6.45) is 1.49. The van der Waals surface area contributed by atoms with E-state index in [9.17, 15) is 23.6 Å². The highest BCUT2D eigenvalue weighted by Gasteiger charge is 2.39. The van der Waals surface area contributed by atoms with Gasteiger partial charge in [0.05, 0.1) is 11.6 Å². The number of nitrogens with two attached hydrogens (primary N) is 2. The highest BCUT2D eigenvalue weighted by molar-refractivity contribution is 9.10. The van der Waals surface area contributed by atoms with E-state index in [4.69, 9.17) is 11.5 Å². The topological polar surface area (TPSA) is 160 Å². The third kappa shape index (κ3) is 8.00. The molecule has 1 fully saturated rings. The minimum Gasteiger partial charge on any atom is -0.370 e. The van der Waals surface area contributed by atoms with E-state index in [1.54, 1.807) is 38.1 Å². The van der Waals surface area contributed by atoms with Gasteiger partial charge in [0.1, 0.15) is 18.8 Å². The van der Waals surface area contributed by atoms with Crippen LogP contribution in [0.25, 0.3) is 0 Å². The number of nitrogens with one attached hydrogen (secondary N) is 2. The van der Waals surface area contributed by atoms with E-state index in [1.807, 2.05) is 0 Å². The number of nitrogens with zero attached hydrogens (tertiary/aromatic N) is 2. The summed E-state index contributed by atoms with van der Waals surface area (Å²) in [5.41, 5.74) is 11.0. The molecule has 0 bridgehead atoms. The summed E-state index contributed by atoms with van der Waals surface area (Å²) in [7, 11) is 0. The normalized spacial score (nSPS) is 16.8. The van der Waals surface area contributed by atoms with Crippen LogP contribution in [0.1, 0.15) is 49.9 Å². The molecule has 12 heteroatoms. The molecule has 2 rings (SSSR count). The van der Waals surface area contributed by atoms with Gasteiger partial charge in [-0.1, -0.05) is 26.0 Å². The lowest BCUT2D eigenvalue weighted by molar-refractivity contribution is -0.141. The Hall–Kier alpha value is -3.02. The Bertz CT molecular complexity index is 985. The second-order valence-corrected chi connectivity index (χ2v) is 9.83. The minimum atomic E-state index is -1.23. The predicted octanol–water partition coefficient (Wildman–Crippen LogP) is 1.27. The molecule has 1 aromatic carbocycles. The number of alkyl halides is 1. The predicted molar refractivity (Wildman–Crippen MR) is 138 cm³/mol. The van der Waals surface area contributed by atoms with Crippen LogP contribution < -0.4 is 22.1 Å². The number of halogens is 2. The van der Waals surface area contributed by atoms with Gasteiger partial charge in [-0.2, -0.15) is 0 Å². The highest BCUT2D eigenvalue weighted by atomic mass is 79.9. The number of aliphatic imine (C=N–C) groups is 1. The maximum absolute atomic E-state index is 13.5. The zero-order valence-electron chi connectivity index (χ0n) is 20.5. The maximum Gasteiger partial charge on any atom is 0.253 e. The van der Waals surface area contributed by atoms with Crippen molar-refractivity contribution in [2.75, 3.05) is 19.8 Å². The van der Waals surface area contributed by atoms with Crippen molar-refractivity contribution in [2.45, 2.75) is 57.7 Å². The van der Waals surface area contributed by atoms with Crippen molar-refractivity contribution in [2.24, 2.45) is 22.4 Å². The van der Waals surface area contributed by atoms with Crippen molar-refractivity contribution in [1.82, 2.24) is 15.5 Å². The third-order valence-electron chi connectivity index (χ3n) is 5.96. The number of benzene rings is 1. The zero-order chi connectivity index (χ0) is 26.8. The molecule has 1 aromatic rings. The molecule has 3 atom stereocenters. The quantitative estimate of drug-likeness (QED) is 0.169. The van der Waals surface area contributed by atoms with Crippen molar-refractivity contribution in [3.05, 3.63) is 34.3 Å². The van der Waals surface area contributed by atoms with E-state index in [-0.39, 0.29) is 30.8 Å². The number of carbonyl (C=O) groups excluding carboxylic acids is 4. The maximum atomic E-state index is 13.5. The summed E-state index contributed by atoms with van der Waals surface area (Å²) in [6, 6.07) is 4.13. The number of carbonyl (C=O) groups is 4. The molecule has 0 saturated carbocycles.